The van der Waals surface area contributed by atoms with E-state index in [-0.39, 0.29) is 34.5 Å². The maximum atomic E-state index is 14.9. The predicted molar refractivity (Wildman–Crippen MR) is 128 cm³/mol. The Bertz CT molecular complexity index is 1540. The zero-order valence-electron chi connectivity index (χ0n) is 18.6. The molecule has 13 heteroatoms. The zero-order valence-corrected chi connectivity index (χ0v) is 20.2. The van der Waals surface area contributed by atoms with Gasteiger partial charge in [0.15, 0.2) is 11.5 Å². The molecule has 2 heterocycles. The minimum atomic E-state index is -4.45. The molecule has 2 aromatic heterocycles. The Kier molecular flexibility index (Phi) is 6.49. The normalized spacial score (nSPS) is 18.3. The van der Waals surface area contributed by atoms with Crippen molar-refractivity contribution in [1.82, 2.24) is 20.2 Å². The predicted octanol–water partition coefficient (Wildman–Crippen LogP) is 4.43. The molecule has 0 radical (unpaired) electrons. The van der Waals surface area contributed by atoms with Gasteiger partial charge in [0.05, 0.1) is 18.0 Å². The first-order chi connectivity index (χ1) is 17.2. The molecular weight excluding hydrogens is 516 g/mol. The lowest BCUT2D eigenvalue weighted by Gasteiger charge is -2.25. The Morgan fingerprint density at radius 1 is 1.06 bits per heavy atom. The standard InChI is InChI=1S/C23H20ClF2N5O4S/c24-13-2-7-17(25)20(10-13)36(33,34)31-19-8-1-12(9-18(19)26)21-28-22-16(11-27-30-22)23(29-21)35-15-5-3-14(32)4-6-15/h1-2,7-11,14-15,31-32H,3-6H2,(H,27,28,29,30). The van der Waals surface area contributed by atoms with Crippen LogP contribution in [-0.2, 0) is 10.0 Å². The van der Waals surface area contributed by atoms with E-state index in [9.17, 15) is 22.3 Å². The zero-order chi connectivity index (χ0) is 25.4. The molecule has 0 aliphatic heterocycles. The Morgan fingerprint density at radius 2 is 1.83 bits per heavy atom. The van der Waals surface area contributed by atoms with Crippen molar-refractivity contribution in [1.29, 1.82) is 0 Å². The number of fused-ring (bicyclic) bond motifs is 1. The molecule has 1 fully saturated rings. The van der Waals surface area contributed by atoms with Crippen LogP contribution >= 0.6 is 11.6 Å². The summed E-state index contributed by atoms with van der Waals surface area (Å²) < 4.78 is 62.3. The van der Waals surface area contributed by atoms with Gasteiger partial charge < -0.3 is 9.84 Å². The maximum absolute atomic E-state index is 14.9. The number of ether oxygens (including phenoxy) is 1. The molecule has 0 unspecified atom stereocenters. The van der Waals surface area contributed by atoms with E-state index >= 15 is 0 Å². The van der Waals surface area contributed by atoms with Crippen LogP contribution in [0.15, 0.2) is 47.5 Å². The molecule has 0 saturated heterocycles. The van der Waals surface area contributed by atoms with Crippen molar-refractivity contribution in [2.75, 3.05) is 4.72 Å². The molecule has 3 N–H and O–H groups in total. The highest BCUT2D eigenvalue weighted by molar-refractivity contribution is 7.92. The number of nitrogens with zero attached hydrogens (tertiary/aromatic N) is 3. The molecule has 0 spiro atoms. The highest BCUT2D eigenvalue weighted by Crippen LogP contribution is 2.31. The molecule has 0 bridgehead atoms. The van der Waals surface area contributed by atoms with E-state index in [0.717, 1.165) is 18.2 Å². The number of benzene rings is 2. The topological polar surface area (TPSA) is 130 Å². The van der Waals surface area contributed by atoms with Gasteiger partial charge in [-0.25, -0.2) is 22.2 Å². The van der Waals surface area contributed by atoms with Gasteiger partial charge in [-0.05, 0) is 62.1 Å². The van der Waals surface area contributed by atoms with Crippen LogP contribution in [-0.4, -0.2) is 45.9 Å². The lowest BCUT2D eigenvalue weighted by Crippen LogP contribution is -2.26. The summed E-state index contributed by atoms with van der Waals surface area (Å²) in [5.74, 6) is -1.54. The molecule has 5 rings (SSSR count). The average Bonchev–Trinajstić information content (AvgIpc) is 3.32. The van der Waals surface area contributed by atoms with Crippen LogP contribution in [0.4, 0.5) is 14.5 Å². The van der Waals surface area contributed by atoms with Gasteiger partial charge >= 0.3 is 0 Å². The third-order valence-electron chi connectivity index (χ3n) is 5.85. The molecule has 1 aliphatic rings. The summed E-state index contributed by atoms with van der Waals surface area (Å²) in [6, 6.07) is 6.73. The first kappa shape index (κ1) is 24.3. The molecule has 2 aromatic carbocycles. The SMILES string of the molecule is O=S(=O)(Nc1ccc(-c2nc(OC3CCC(O)CC3)c3cn[nH]c3n2)cc1F)c1cc(Cl)ccc1F. The third kappa shape index (κ3) is 4.97. The van der Waals surface area contributed by atoms with Crippen molar-refractivity contribution >= 4 is 38.3 Å². The van der Waals surface area contributed by atoms with E-state index in [4.69, 9.17) is 16.3 Å². The minimum absolute atomic E-state index is 0.0152. The average molecular weight is 536 g/mol. The maximum Gasteiger partial charge on any atom is 0.264 e. The second-order valence-corrected chi connectivity index (χ2v) is 10.5. The molecule has 188 valence electrons. The highest BCUT2D eigenvalue weighted by Gasteiger charge is 2.24. The van der Waals surface area contributed by atoms with E-state index in [1.165, 1.54) is 24.4 Å². The van der Waals surface area contributed by atoms with Crippen LogP contribution in [0.2, 0.25) is 5.02 Å². The van der Waals surface area contributed by atoms with Crippen LogP contribution in [0.1, 0.15) is 25.7 Å². The van der Waals surface area contributed by atoms with Crippen molar-refractivity contribution in [3.63, 3.8) is 0 Å². The Balaban J connectivity index is 1.43. The molecule has 9 nitrogen and oxygen atoms in total. The molecule has 36 heavy (non-hydrogen) atoms. The number of hydrogen-bond donors (Lipinski definition) is 3. The van der Waals surface area contributed by atoms with Crippen molar-refractivity contribution in [2.24, 2.45) is 0 Å². The fourth-order valence-corrected chi connectivity index (χ4v) is 5.38. The van der Waals surface area contributed by atoms with Crippen LogP contribution in [0, 0.1) is 11.6 Å². The summed E-state index contributed by atoms with van der Waals surface area (Å²) in [6.45, 7) is 0. The van der Waals surface area contributed by atoms with E-state index in [1.54, 1.807) is 0 Å². The number of aliphatic hydroxyl groups is 1. The third-order valence-corrected chi connectivity index (χ3v) is 7.47. The molecule has 0 amide bonds. The second-order valence-electron chi connectivity index (χ2n) is 8.41. The highest BCUT2D eigenvalue weighted by atomic mass is 35.5. The fraction of sp³-hybridized carbons (Fsp3) is 0.261. The summed E-state index contributed by atoms with van der Waals surface area (Å²) in [4.78, 5) is 8.11. The quantitative estimate of drug-likeness (QED) is 0.333. The Morgan fingerprint density at radius 3 is 2.58 bits per heavy atom. The van der Waals surface area contributed by atoms with E-state index in [0.29, 0.717) is 36.7 Å². The van der Waals surface area contributed by atoms with Crippen molar-refractivity contribution < 1.29 is 27.0 Å². The number of aromatic amines is 1. The van der Waals surface area contributed by atoms with Gasteiger partial charge in [0.1, 0.15) is 28.0 Å². The number of anilines is 1. The van der Waals surface area contributed by atoms with E-state index < -0.39 is 32.2 Å². The number of hydrogen-bond acceptors (Lipinski definition) is 7. The second kappa shape index (κ2) is 9.60. The summed E-state index contributed by atoms with van der Waals surface area (Å²) in [6.07, 6.45) is 3.62. The van der Waals surface area contributed by atoms with Crippen LogP contribution in [0.3, 0.4) is 0 Å². The first-order valence-corrected chi connectivity index (χ1v) is 12.9. The molecule has 1 aliphatic carbocycles. The van der Waals surface area contributed by atoms with Gasteiger partial charge in [-0.15, -0.1) is 0 Å². The monoisotopic (exact) mass is 535 g/mol. The smallest absolute Gasteiger partial charge is 0.264 e. The van der Waals surface area contributed by atoms with Gasteiger partial charge in [0, 0.05) is 10.6 Å². The fourth-order valence-electron chi connectivity index (χ4n) is 3.97. The minimum Gasteiger partial charge on any atom is -0.474 e. The van der Waals surface area contributed by atoms with Gasteiger partial charge in [-0.3, -0.25) is 9.82 Å². The van der Waals surface area contributed by atoms with Crippen molar-refractivity contribution in [3.05, 3.63) is 59.3 Å². The summed E-state index contributed by atoms with van der Waals surface area (Å²) in [5, 5.41) is 17.0. The van der Waals surface area contributed by atoms with E-state index in [1.807, 2.05) is 4.72 Å². The summed E-state index contributed by atoms with van der Waals surface area (Å²) in [7, 11) is -4.45. The van der Waals surface area contributed by atoms with Crippen molar-refractivity contribution in [2.45, 2.75) is 42.8 Å². The van der Waals surface area contributed by atoms with Gasteiger partial charge in [-0.1, -0.05) is 11.6 Å². The van der Waals surface area contributed by atoms with E-state index in [2.05, 4.69) is 20.2 Å². The number of nitrogens with one attached hydrogen (secondary N) is 2. The largest absolute Gasteiger partial charge is 0.474 e. The van der Waals surface area contributed by atoms with Gasteiger partial charge in [0.25, 0.3) is 10.0 Å². The number of sulfonamides is 1. The van der Waals surface area contributed by atoms with Crippen LogP contribution in [0.5, 0.6) is 5.88 Å². The molecule has 4 aromatic rings. The Hall–Kier alpha value is -3.35. The lowest BCUT2D eigenvalue weighted by atomic mass is 9.95. The molecule has 1 saturated carbocycles. The number of H-pyrrole nitrogens is 1. The number of aliphatic hydroxyl groups excluding tert-OH is 1. The number of aromatic nitrogens is 4. The summed E-state index contributed by atoms with van der Waals surface area (Å²) >= 11 is 5.78. The van der Waals surface area contributed by atoms with Crippen LogP contribution in [0.25, 0.3) is 22.4 Å². The summed E-state index contributed by atoms with van der Waals surface area (Å²) in [5.41, 5.74) is 0.246. The van der Waals surface area contributed by atoms with Gasteiger partial charge in [-0.2, -0.15) is 10.1 Å². The Labute approximate surface area is 209 Å². The van der Waals surface area contributed by atoms with Crippen molar-refractivity contribution in [3.8, 4) is 17.3 Å². The number of rotatable bonds is 6. The lowest BCUT2D eigenvalue weighted by molar-refractivity contribution is 0.0652. The first-order valence-electron chi connectivity index (χ1n) is 11.0. The molecule has 0 atom stereocenters. The molecular formula is C23H20ClF2N5O4S. The van der Waals surface area contributed by atoms with Gasteiger partial charge in [0.2, 0.25) is 5.88 Å². The van der Waals surface area contributed by atoms with Crippen LogP contribution < -0.4 is 9.46 Å². The number of halogens is 3.